The number of imidazole rings is 1. The molecule has 0 N–H and O–H groups in total. The van der Waals surface area contributed by atoms with Crippen LogP contribution in [0.4, 0.5) is 5.69 Å². The van der Waals surface area contributed by atoms with Crippen molar-refractivity contribution in [2.24, 2.45) is 0 Å². The van der Waals surface area contributed by atoms with Crippen LogP contribution in [0, 0.1) is 0 Å². The Morgan fingerprint density at radius 3 is 1.96 bits per heavy atom. The molecule has 10 rings (SSSR count). The maximum Gasteiger partial charge on any atom is 0.417 e. The third-order valence-electron chi connectivity index (χ3n) is 10.2. The van der Waals surface area contributed by atoms with Crippen molar-refractivity contribution in [3.63, 3.8) is 0 Å². The summed E-state index contributed by atoms with van der Waals surface area (Å²) in [4.78, 5) is 12.0. The third kappa shape index (κ3) is 4.82. The van der Waals surface area contributed by atoms with Crippen LogP contribution >= 0.6 is 0 Å². The number of anilines is 1. The highest BCUT2D eigenvalue weighted by Gasteiger charge is 2.38. The SMILES string of the molecule is CN1B(c2c(-c3ccccc3)cccc2-c2ccccc2)n2ccnc2-c2cc(Oc3ccc4c5ccccc5n(-c5ccccn5)c4c3)ccc21. The first-order valence-electron chi connectivity index (χ1n) is 17.5. The van der Waals surface area contributed by atoms with Crippen molar-refractivity contribution in [3.8, 4) is 51.0 Å². The van der Waals surface area contributed by atoms with Crippen LogP contribution in [-0.2, 0) is 0 Å². The van der Waals surface area contributed by atoms with Gasteiger partial charge in [-0.3, -0.25) is 4.57 Å². The molecule has 6 nitrogen and oxygen atoms in total. The van der Waals surface area contributed by atoms with Crippen LogP contribution in [0.1, 0.15) is 0 Å². The molecule has 0 radical (unpaired) electrons. The Bertz CT molecular complexity index is 2680. The predicted octanol–water partition coefficient (Wildman–Crippen LogP) is 9.86. The largest absolute Gasteiger partial charge is 0.457 e. The zero-order chi connectivity index (χ0) is 34.6. The molecule has 4 heterocycles. The summed E-state index contributed by atoms with van der Waals surface area (Å²) < 4.78 is 11.1. The molecule has 0 fully saturated rings. The number of pyridine rings is 1. The lowest BCUT2D eigenvalue weighted by Gasteiger charge is -2.37. The molecular weight excluding hydrogens is 637 g/mol. The van der Waals surface area contributed by atoms with Crippen molar-refractivity contribution in [3.05, 3.63) is 176 Å². The second-order valence-electron chi connectivity index (χ2n) is 13.1. The first kappa shape index (κ1) is 30.0. The molecule has 0 saturated carbocycles. The van der Waals surface area contributed by atoms with E-state index < -0.39 is 0 Å². The minimum atomic E-state index is -0.140. The van der Waals surface area contributed by atoms with Gasteiger partial charge in [-0.05, 0) is 83.3 Å². The molecule has 0 amide bonds. The van der Waals surface area contributed by atoms with Gasteiger partial charge in [0, 0.05) is 46.7 Å². The maximum atomic E-state index is 6.64. The Balaban J connectivity index is 1.07. The average molecular weight is 670 g/mol. The van der Waals surface area contributed by atoms with Crippen molar-refractivity contribution in [1.29, 1.82) is 0 Å². The molecule has 246 valence electrons. The van der Waals surface area contributed by atoms with Crippen molar-refractivity contribution in [2.75, 3.05) is 11.9 Å². The first-order valence-corrected chi connectivity index (χ1v) is 17.5. The summed E-state index contributed by atoms with van der Waals surface area (Å²) in [6, 6.07) is 55.0. The normalized spacial score (nSPS) is 12.2. The summed E-state index contributed by atoms with van der Waals surface area (Å²) in [6.07, 6.45) is 5.82. The second-order valence-corrected chi connectivity index (χ2v) is 13.1. The topological polar surface area (TPSA) is 48.1 Å². The quantitative estimate of drug-likeness (QED) is 0.166. The number of benzene rings is 6. The number of nitrogens with zero attached hydrogens (tertiary/aromatic N) is 5. The number of rotatable bonds is 6. The van der Waals surface area contributed by atoms with E-state index in [1.54, 1.807) is 0 Å². The lowest BCUT2D eigenvalue weighted by Crippen LogP contribution is -2.55. The molecule has 0 bridgehead atoms. The van der Waals surface area contributed by atoms with Crippen molar-refractivity contribution in [2.45, 2.75) is 0 Å². The molecule has 7 heteroatoms. The Morgan fingerprint density at radius 1 is 0.538 bits per heavy atom. The number of ether oxygens (including phenoxy) is 1. The second kappa shape index (κ2) is 12.2. The monoisotopic (exact) mass is 669 g/mol. The molecule has 0 spiro atoms. The molecule has 0 unspecified atom stereocenters. The lowest BCUT2D eigenvalue weighted by molar-refractivity contribution is 0.483. The molecule has 3 aromatic heterocycles. The van der Waals surface area contributed by atoms with Crippen LogP contribution in [0.5, 0.6) is 11.5 Å². The predicted molar refractivity (Wildman–Crippen MR) is 213 cm³/mol. The Morgan fingerprint density at radius 2 is 1.21 bits per heavy atom. The highest BCUT2D eigenvalue weighted by molar-refractivity contribution is 6.78. The minimum Gasteiger partial charge on any atom is -0.457 e. The van der Waals surface area contributed by atoms with E-state index >= 15 is 0 Å². The van der Waals surface area contributed by atoms with E-state index in [0.29, 0.717) is 0 Å². The Hall–Kier alpha value is -6.86. The van der Waals surface area contributed by atoms with Gasteiger partial charge in [0.2, 0.25) is 0 Å². The molecule has 1 aliphatic heterocycles. The lowest BCUT2D eigenvalue weighted by atomic mass is 9.59. The summed E-state index contributed by atoms with van der Waals surface area (Å²) in [7, 11) is 2.17. The standard InChI is InChI=1S/C45H32BN5O/c1-49-40-25-23-33(52-34-22-24-38-37-17-8-9-20-41(37)51(42(38)30-34)43-21-10-11-26-47-43)29-39(40)45-48-27-28-50(45)46(49)44-35(31-13-4-2-5-14-31)18-12-19-36(44)32-15-6-3-7-16-32/h2-30H,1H3. The van der Waals surface area contributed by atoms with Gasteiger partial charge in [0.25, 0.3) is 0 Å². The van der Waals surface area contributed by atoms with Gasteiger partial charge in [-0.15, -0.1) is 0 Å². The molecule has 0 atom stereocenters. The highest BCUT2D eigenvalue weighted by Crippen LogP contribution is 2.41. The van der Waals surface area contributed by atoms with E-state index in [1.807, 2.05) is 36.7 Å². The van der Waals surface area contributed by atoms with Crippen LogP contribution < -0.4 is 15.0 Å². The highest BCUT2D eigenvalue weighted by atomic mass is 16.5. The number of aromatic nitrogens is 4. The van der Waals surface area contributed by atoms with Gasteiger partial charge in [0.1, 0.15) is 23.1 Å². The van der Waals surface area contributed by atoms with Crippen molar-refractivity contribution in [1.82, 2.24) is 19.0 Å². The van der Waals surface area contributed by atoms with E-state index in [9.17, 15) is 0 Å². The molecule has 9 aromatic rings. The minimum absolute atomic E-state index is 0.140. The summed E-state index contributed by atoms with van der Waals surface area (Å²) in [6.45, 7) is -0.140. The third-order valence-corrected chi connectivity index (χ3v) is 10.2. The summed E-state index contributed by atoms with van der Waals surface area (Å²) >= 11 is 0. The van der Waals surface area contributed by atoms with Crippen LogP contribution in [0.3, 0.4) is 0 Å². The number of fused-ring (bicyclic) bond motifs is 6. The van der Waals surface area contributed by atoms with Crippen molar-refractivity contribution < 1.29 is 4.74 Å². The van der Waals surface area contributed by atoms with Crippen LogP contribution in [0.25, 0.3) is 61.3 Å². The summed E-state index contributed by atoms with van der Waals surface area (Å²) in [5.41, 5.74) is 10.2. The molecule has 6 aromatic carbocycles. The maximum absolute atomic E-state index is 6.64. The molecule has 52 heavy (non-hydrogen) atoms. The smallest absolute Gasteiger partial charge is 0.417 e. The van der Waals surface area contributed by atoms with E-state index in [4.69, 9.17) is 9.72 Å². The van der Waals surface area contributed by atoms with Gasteiger partial charge in [-0.1, -0.05) is 103 Å². The Kier molecular flexibility index (Phi) is 7.03. The summed E-state index contributed by atoms with van der Waals surface area (Å²) in [5, 5.41) is 2.33. The fraction of sp³-hybridized carbons (Fsp3) is 0.0222. The number of hydrogen-bond acceptors (Lipinski definition) is 4. The Labute approximate surface area is 302 Å². The van der Waals surface area contributed by atoms with Crippen LogP contribution in [0.15, 0.2) is 176 Å². The van der Waals surface area contributed by atoms with Crippen molar-refractivity contribution >= 4 is 39.9 Å². The van der Waals surface area contributed by atoms with E-state index in [2.05, 4.69) is 166 Å². The van der Waals surface area contributed by atoms with Gasteiger partial charge < -0.3 is 14.0 Å². The molecule has 0 aliphatic carbocycles. The summed E-state index contributed by atoms with van der Waals surface area (Å²) in [5.74, 6) is 3.27. The molecule has 1 aliphatic rings. The zero-order valence-corrected chi connectivity index (χ0v) is 28.5. The van der Waals surface area contributed by atoms with Gasteiger partial charge >= 0.3 is 6.98 Å². The van der Waals surface area contributed by atoms with E-state index in [-0.39, 0.29) is 6.98 Å². The average Bonchev–Trinajstić information content (AvgIpc) is 3.82. The number of para-hydroxylation sites is 1. The van der Waals surface area contributed by atoms with E-state index in [1.165, 1.54) is 33.1 Å². The fourth-order valence-electron chi connectivity index (χ4n) is 7.90. The molecular formula is C45H32BN5O. The van der Waals surface area contributed by atoms with Crippen LogP contribution in [0.2, 0.25) is 0 Å². The number of hydrogen-bond donors (Lipinski definition) is 0. The van der Waals surface area contributed by atoms with Crippen LogP contribution in [-0.4, -0.2) is 33.0 Å². The fourth-order valence-corrected chi connectivity index (χ4v) is 7.90. The van der Waals surface area contributed by atoms with Gasteiger partial charge in [0.05, 0.1) is 11.0 Å². The van der Waals surface area contributed by atoms with Gasteiger partial charge in [0.15, 0.2) is 0 Å². The van der Waals surface area contributed by atoms with Gasteiger partial charge in [-0.2, -0.15) is 0 Å². The first-order chi connectivity index (χ1) is 25.7. The van der Waals surface area contributed by atoms with Gasteiger partial charge in [-0.25, -0.2) is 9.97 Å². The van der Waals surface area contributed by atoms with E-state index in [0.717, 1.165) is 50.8 Å². The zero-order valence-electron chi connectivity index (χ0n) is 28.5. The molecule has 0 saturated heterocycles.